The molecule has 0 rings (SSSR count). The number of hydrogen-bond donors (Lipinski definition) is 9. The van der Waals surface area contributed by atoms with Gasteiger partial charge in [-0.1, -0.05) is 0 Å². The molecule has 0 heterocycles. The highest BCUT2D eigenvalue weighted by Crippen LogP contribution is 1.98. The van der Waals surface area contributed by atoms with Crippen LogP contribution in [0.15, 0.2) is 0 Å². The van der Waals surface area contributed by atoms with E-state index in [0.717, 1.165) is 13.1 Å². The summed E-state index contributed by atoms with van der Waals surface area (Å²) in [7, 11) is 3.52. The van der Waals surface area contributed by atoms with Gasteiger partial charge >= 0.3 is 35.8 Å². The van der Waals surface area contributed by atoms with Crippen molar-refractivity contribution < 1.29 is 59.4 Å². The Morgan fingerprint density at radius 3 is 1.04 bits per heavy atom. The molecule has 0 aliphatic heterocycles. The Labute approximate surface area is 298 Å². The van der Waals surface area contributed by atoms with Crippen molar-refractivity contribution in [2.45, 2.75) is 0 Å². The lowest BCUT2D eigenvalue weighted by Gasteiger charge is -2.29. The van der Waals surface area contributed by atoms with Gasteiger partial charge in [-0.05, 0) is 14.1 Å². The molecule has 21 nitrogen and oxygen atoms in total. The molecule has 0 saturated heterocycles. The van der Waals surface area contributed by atoms with Crippen LogP contribution in [0.2, 0.25) is 0 Å². The summed E-state index contributed by atoms with van der Waals surface area (Å²) in [5, 5.41) is 64.9. The van der Waals surface area contributed by atoms with Crippen molar-refractivity contribution in [1.29, 1.82) is 0 Å². The molecule has 21 heteroatoms. The van der Waals surface area contributed by atoms with Crippen molar-refractivity contribution in [2.24, 2.45) is 0 Å². The van der Waals surface area contributed by atoms with Crippen LogP contribution in [0.4, 0.5) is 0 Å². The molecule has 9 N–H and O–H groups in total. The molecule has 0 spiro atoms. The number of carbonyl (C=O) groups is 6. The van der Waals surface area contributed by atoms with Gasteiger partial charge in [0.2, 0.25) is 0 Å². The first-order valence-electron chi connectivity index (χ1n) is 16.8. The number of nitrogens with zero attached hydrogens (tertiary/aromatic N) is 6. The van der Waals surface area contributed by atoms with Crippen molar-refractivity contribution in [3.63, 3.8) is 0 Å². The highest BCUT2D eigenvalue weighted by molar-refractivity contribution is 5.73. The van der Waals surface area contributed by atoms with E-state index in [4.69, 9.17) is 15.3 Å². The molecule has 0 unspecified atom stereocenters. The molecule has 0 atom stereocenters. The average molecular weight is 738 g/mol. The molecule has 0 aromatic carbocycles. The fourth-order valence-electron chi connectivity index (χ4n) is 4.97. The zero-order chi connectivity index (χ0) is 38.6. The molecule has 0 aliphatic carbocycles. The first kappa shape index (κ1) is 47.5. The molecule has 0 bridgehead atoms. The maximum Gasteiger partial charge on any atom is 0.317 e. The van der Waals surface area contributed by atoms with Crippen LogP contribution < -0.4 is 16.0 Å². The van der Waals surface area contributed by atoms with Gasteiger partial charge in [-0.25, -0.2) is 0 Å². The summed E-state index contributed by atoms with van der Waals surface area (Å²) in [6, 6.07) is 0. The second-order valence-corrected chi connectivity index (χ2v) is 12.1. The van der Waals surface area contributed by atoms with Crippen LogP contribution in [0.5, 0.6) is 0 Å². The monoisotopic (exact) mass is 737 g/mol. The fraction of sp³-hybridized carbons (Fsp3) is 0.800. The van der Waals surface area contributed by atoms with Crippen LogP contribution in [0.3, 0.4) is 0 Å². The third kappa shape index (κ3) is 29.9. The normalized spacial score (nSPS) is 11.8. The Balaban J connectivity index is 5.33. The summed E-state index contributed by atoms with van der Waals surface area (Å²) < 4.78 is 0. The Morgan fingerprint density at radius 2 is 0.667 bits per heavy atom. The van der Waals surface area contributed by atoms with Crippen molar-refractivity contribution in [3.8, 4) is 0 Å². The van der Waals surface area contributed by atoms with Crippen LogP contribution in [0.25, 0.3) is 0 Å². The number of carboxylic acid groups (broad SMARTS) is 6. The van der Waals surface area contributed by atoms with Gasteiger partial charge in [0, 0.05) is 105 Å². The van der Waals surface area contributed by atoms with E-state index >= 15 is 0 Å². The lowest BCUT2D eigenvalue weighted by Crippen LogP contribution is -2.46. The predicted octanol–water partition coefficient (Wildman–Crippen LogP) is -4.67. The third-order valence-corrected chi connectivity index (χ3v) is 7.56. The minimum Gasteiger partial charge on any atom is -0.480 e. The van der Waals surface area contributed by atoms with E-state index in [1.807, 2.05) is 11.9 Å². The summed E-state index contributed by atoms with van der Waals surface area (Å²) >= 11 is 0. The zero-order valence-electron chi connectivity index (χ0n) is 29.9. The number of hydrogen-bond acceptors (Lipinski definition) is 15. The van der Waals surface area contributed by atoms with E-state index in [1.54, 1.807) is 16.8 Å². The van der Waals surface area contributed by atoms with Crippen molar-refractivity contribution >= 4 is 35.8 Å². The van der Waals surface area contributed by atoms with Crippen LogP contribution in [-0.4, -0.2) is 254 Å². The molecule has 0 aromatic rings. The Morgan fingerprint density at radius 1 is 0.373 bits per heavy atom. The summed E-state index contributed by atoms with van der Waals surface area (Å²) in [5.41, 5.74) is 0. The minimum atomic E-state index is -1.18. The standard InChI is InChI=1S/C30H59N9O12/c1-31-3-4-32-5-8-35(13-15-37(20-26(42)43)16-18-39(23-29(48)49)24-30(50)51)9-6-33-7-10-36(12-11-34(2)19-25(40)41)14-17-38(21-27(44)45)22-28(46)47/h31-33H,3-24H2,1-2H3,(H,40,41)(H,42,43)(H,44,45)(H,46,47)(H,48,49)(H,50,51). The van der Waals surface area contributed by atoms with Gasteiger partial charge < -0.3 is 46.6 Å². The maximum atomic E-state index is 11.6. The van der Waals surface area contributed by atoms with E-state index < -0.39 is 62.0 Å². The fourth-order valence-corrected chi connectivity index (χ4v) is 4.97. The number of nitrogens with one attached hydrogen (secondary N) is 3. The zero-order valence-corrected chi connectivity index (χ0v) is 29.9. The minimum absolute atomic E-state index is 0.0615. The molecule has 0 aromatic heterocycles. The molecular formula is C30H59N9O12. The van der Waals surface area contributed by atoms with Gasteiger partial charge in [0.15, 0.2) is 0 Å². The van der Waals surface area contributed by atoms with Gasteiger partial charge in [0.1, 0.15) is 0 Å². The summed E-state index contributed by atoms with van der Waals surface area (Å²) in [6.07, 6.45) is 0. The number of aliphatic carboxylic acids is 6. The summed E-state index contributed by atoms with van der Waals surface area (Å²) in [5.74, 6) is -6.68. The predicted molar refractivity (Wildman–Crippen MR) is 185 cm³/mol. The van der Waals surface area contributed by atoms with Crippen molar-refractivity contribution in [3.05, 3.63) is 0 Å². The molecule has 0 aliphatic rings. The van der Waals surface area contributed by atoms with Gasteiger partial charge in [-0.2, -0.15) is 0 Å². The lowest BCUT2D eigenvalue weighted by atomic mass is 10.3. The summed E-state index contributed by atoms with van der Waals surface area (Å²) in [4.78, 5) is 77.4. The van der Waals surface area contributed by atoms with Crippen LogP contribution >= 0.6 is 0 Å². The quantitative estimate of drug-likeness (QED) is 0.0273. The van der Waals surface area contributed by atoms with Gasteiger partial charge in [-0.3, -0.25) is 58.2 Å². The smallest absolute Gasteiger partial charge is 0.317 e. The number of likely N-dealkylation sites (N-methyl/N-ethyl adjacent to an activating group) is 2. The molecule has 0 amide bonds. The van der Waals surface area contributed by atoms with Crippen LogP contribution in [-0.2, 0) is 28.8 Å². The second-order valence-electron chi connectivity index (χ2n) is 12.1. The topological polar surface area (TPSA) is 279 Å². The maximum absolute atomic E-state index is 11.6. The van der Waals surface area contributed by atoms with Gasteiger partial charge in [0.25, 0.3) is 0 Å². The Hall–Kier alpha value is -3.54. The first-order valence-corrected chi connectivity index (χ1v) is 16.8. The van der Waals surface area contributed by atoms with Gasteiger partial charge in [-0.15, -0.1) is 0 Å². The third-order valence-electron chi connectivity index (χ3n) is 7.56. The SMILES string of the molecule is CNCCNCCN(CCNCCN(CCN(C)CC(=O)O)CCN(CC(=O)O)CC(=O)O)CCN(CCN(CC(=O)O)CC(=O)O)CC(=O)O. The highest BCUT2D eigenvalue weighted by atomic mass is 16.4. The summed E-state index contributed by atoms with van der Waals surface area (Å²) in [6.45, 7) is 5.33. The molecular weight excluding hydrogens is 678 g/mol. The second kappa shape index (κ2) is 29.1. The lowest BCUT2D eigenvalue weighted by molar-refractivity contribution is -0.144. The molecule has 0 fully saturated rings. The highest BCUT2D eigenvalue weighted by Gasteiger charge is 2.19. The van der Waals surface area contributed by atoms with Gasteiger partial charge in [0.05, 0.1) is 39.3 Å². The van der Waals surface area contributed by atoms with Crippen molar-refractivity contribution in [2.75, 3.05) is 158 Å². The average Bonchev–Trinajstić information content (AvgIpc) is 3.00. The van der Waals surface area contributed by atoms with Crippen LogP contribution in [0, 0.1) is 0 Å². The van der Waals surface area contributed by atoms with E-state index in [9.17, 15) is 44.1 Å². The number of carboxylic acids is 6. The molecule has 0 saturated carbocycles. The molecule has 296 valence electrons. The Kier molecular flexibility index (Phi) is 27.1. The first-order chi connectivity index (χ1) is 24.1. The van der Waals surface area contributed by atoms with Crippen molar-refractivity contribution in [1.82, 2.24) is 45.3 Å². The Bertz CT molecular complexity index is 1010. The van der Waals surface area contributed by atoms with E-state index in [-0.39, 0.29) is 32.7 Å². The molecule has 51 heavy (non-hydrogen) atoms. The van der Waals surface area contributed by atoms with E-state index in [2.05, 4.69) is 20.9 Å². The number of rotatable bonds is 36. The van der Waals surface area contributed by atoms with E-state index in [1.165, 1.54) is 9.80 Å². The van der Waals surface area contributed by atoms with Crippen LogP contribution in [0.1, 0.15) is 0 Å². The van der Waals surface area contributed by atoms with E-state index in [0.29, 0.717) is 72.0 Å². The molecule has 0 radical (unpaired) electrons. The largest absolute Gasteiger partial charge is 0.480 e.